The van der Waals surface area contributed by atoms with E-state index in [2.05, 4.69) is 24.1 Å². The van der Waals surface area contributed by atoms with Gasteiger partial charge in [-0.3, -0.25) is 10.1 Å². The number of anilines is 1. The van der Waals surface area contributed by atoms with E-state index in [9.17, 15) is 4.79 Å². The number of hydrogen-bond donors (Lipinski definition) is 1. The van der Waals surface area contributed by atoms with Crippen LogP contribution in [0, 0.1) is 0 Å². The zero-order valence-corrected chi connectivity index (χ0v) is 18.3. The zero-order valence-electron chi connectivity index (χ0n) is 17.5. The van der Waals surface area contributed by atoms with Gasteiger partial charge in [0.1, 0.15) is 11.5 Å². The molecule has 5 nitrogen and oxygen atoms in total. The predicted molar refractivity (Wildman–Crippen MR) is 123 cm³/mol. The first-order valence-corrected chi connectivity index (χ1v) is 11.3. The molecule has 1 aromatic heterocycles. The monoisotopic (exact) mass is 424 g/mol. The fraction of sp³-hybridized carbons (Fsp3) is 0.333. The van der Waals surface area contributed by atoms with E-state index in [1.54, 1.807) is 12.1 Å². The van der Waals surface area contributed by atoms with Crippen LogP contribution in [0.2, 0.25) is 0 Å². The number of ether oxygens (including phenoxy) is 2. The van der Waals surface area contributed by atoms with Crippen LogP contribution < -0.4 is 14.8 Å². The number of benzene rings is 2. The third-order valence-corrected chi connectivity index (χ3v) is 5.24. The summed E-state index contributed by atoms with van der Waals surface area (Å²) in [5.41, 5.74) is 2.39. The fourth-order valence-electron chi connectivity index (χ4n) is 2.82. The van der Waals surface area contributed by atoms with Crippen LogP contribution in [0.3, 0.4) is 0 Å². The van der Waals surface area contributed by atoms with Gasteiger partial charge in [-0.1, -0.05) is 26.7 Å². The average molecular weight is 425 g/mol. The summed E-state index contributed by atoms with van der Waals surface area (Å²) in [4.78, 5) is 17.0. The van der Waals surface area contributed by atoms with E-state index in [0.29, 0.717) is 23.9 Å². The first-order chi connectivity index (χ1) is 14.7. The molecule has 0 bridgehead atoms. The van der Waals surface area contributed by atoms with Crippen molar-refractivity contribution in [2.75, 3.05) is 18.5 Å². The Morgan fingerprint density at radius 2 is 1.57 bits per heavy atom. The molecule has 1 heterocycles. The highest BCUT2D eigenvalue weighted by molar-refractivity contribution is 7.14. The molecule has 0 radical (unpaired) electrons. The lowest BCUT2D eigenvalue weighted by atomic mass is 10.2. The zero-order chi connectivity index (χ0) is 21.2. The molecule has 1 amide bonds. The van der Waals surface area contributed by atoms with Gasteiger partial charge in [-0.25, -0.2) is 4.98 Å². The van der Waals surface area contributed by atoms with Crippen molar-refractivity contribution in [3.63, 3.8) is 0 Å². The van der Waals surface area contributed by atoms with Gasteiger partial charge in [-0.05, 0) is 61.4 Å². The maximum absolute atomic E-state index is 12.5. The van der Waals surface area contributed by atoms with Crippen LogP contribution >= 0.6 is 11.3 Å². The quantitative estimate of drug-likeness (QED) is 0.361. The van der Waals surface area contributed by atoms with Crippen molar-refractivity contribution in [1.29, 1.82) is 0 Å². The Morgan fingerprint density at radius 3 is 2.23 bits per heavy atom. The molecule has 0 spiro atoms. The maximum Gasteiger partial charge on any atom is 0.257 e. The number of nitrogens with zero attached hydrogens (tertiary/aromatic N) is 1. The van der Waals surface area contributed by atoms with Gasteiger partial charge in [0.25, 0.3) is 5.91 Å². The first-order valence-electron chi connectivity index (χ1n) is 10.4. The molecule has 0 aliphatic heterocycles. The van der Waals surface area contributed by atoms with E-state index < -0.39 is 0 Å². The summed E-state index contributed by atoms with van der Waals surface area (Å²) in [5, 5.41) is 5.38. The molecule has 0 saturated carbocycles. The van der Waals surface area contributed by atoms with Gasteiger partial charge in [0, 0.05) is 16.5 Å². The Morgan fingerprint density at radius 1 is 0.900 bits per heavy atom. The molecule has 0 atom stereocenters. The Bertz CT molecular complexity index is 920. The van der Waals surface area contributed by atoms with Gasteiger partial charge < -0.3 is 9.47 Å². The lowest BCUT2D eigenvalue weighted by Gasteiger charge is -2.07. The summed E-state index contributed by atoms with van der Waals surface area (Å²) in [7, 11) is 0. The Hall–Kier alpha value is -2.86. The van der Waals surface area contributed by atoms with Crippen LogP contribution in [0.25, 0.3) is 11.3 Å². The van der Waals surface area contributed by atoms with Crippen molar-refractivity contribution in [3.05, 3.63) is 59.5 Å². The second-order valence-corrected chi connectivity index (χ2v) is 7.80. The molecule has 3 aromatic rings. The van der Waals surface area contributed by atoms with Crippen molar-refractivity contribution in [2.24, 2.45) is 0 Å². The summed E-state index contributed by atoms with van der Waals surface area (Å²) in [6, 6.07) is 15.0. The molecule has 1 N–H and O–H groups in total. The second-order valence-electron chi connectivity index (χ2n) is 6.94. The van der Waals surface area contributed by atoms with Crippen LogP contribution in [0.5, 0.6) is 11.5 Å². The smallest absolute Gasteiger partial charge is 0.257 e. The van der Waals surface area contributed by atoms with Crippen LogP contribution in [-0.2, 0) is 0 Å². The molecule has 0 aliphatic carbocycles. The summed E-state index contributed by atoms with van der Waals surface area (Å²) in [6.07, 6.45) is 4.35. The van der Waals surface area contributed by atoms with E-state index in [-0.39, 0.29) is 5.91 Å². The van der Waals surface area contributed by atoms with Gasteiger partial charge in [-0.2, -0.15) is 0 Å². The van der Waals surface area contributed by atoms with E-state index >= 15 is 0 Å². The predicted octanol–water partition coefficient (Wildman–Crippen LogP) is 6.42. The molecular weight excluding hydrogens is 396 g/mol. The summed E-state index contributed by atoms with van der Waals surface area (Å²) < 4.78 is 11.3. The van der Waals surface area contributed by atoms with Gasteiger partial charge in [0.2, 0.25) is 0 Å². The van der Waals surface area contributed by atoms with Gasteiger partial charge in [0.05, 0.1) is 18.9 Å². The topological polar surface area (TPSA) is 60.5 Å². The number of unbranched alkanes of at least 4 members (excludes halogenated alkanes) is 2. The number of nitrogens with one attached hydrogen (secondary N) is 1. The summed E-state index contributed by atoms with van der Waals surface area (Å²) in [6.45, 7) is 5.65. The molecule has 30 heavy (non-hydrogen) atoms. The number of carbonyl (C=O) groups is 1. The molecule has 0 saturated heterocycles. The first kappa shape index (κ1) is 21.8. The van der Waals surface area contributed by atoms with Gasteiger partial charge >= 0.3 is 0 Å². The number of aromatic nitrogens is 1. The van der Waals surface area contributed by atoms with Gasteiger partial charge in [0.15, 0.2) is 5.13 Å². The third kappa shape index (κ3) is 6.32. The normalized spacial score (nSPS) is 10.6. The molecular formula is C24H28N2O3S. The van der Waals surface area contributed by atoms with E-state index in [4.69, 9.17) is 9.47 Å². The lowest BCUT2D eigenvalue weighted by Crippen LogP contribution is -2.11. The van der Waals surface area contributed by atoms with Crippen molar-refractivity contribution in [1.82, 2.24) is 4.98 Å². The molecule has 3 rings (SSSR count). The largest absolute Gasteiger partial charge is 0.494 e. The lowest BCUT2D eigenvalue weighted by molar-refractivity contribution is 0.102. The van der Waals surface area contributed by atoms with E-state index in [1.165, 1.54) is 17.8 Å². The third-order valence-electron chi connectivity index (χ3n) is 4.48. The number of thiazole rings is 1. The molecule has 6 heteroatoms. The maximum atomic E-state index is 12.5. The highest BCUT2D eigenvalue weighted by Gasteiger charge is 2.10. The van der Waals surface area contributed by atoms with Crippen molar-refractivity contribution >= 4 is 22.4 Å². The Balaban J connectivity index is 1.55. The minimum atomic E-state index is -0.184. The number of hydrogen-bond acceptors (Lipinski definition) is 5. The van der Waals surface area contributed by atoms with E-state index in [0.717, 1.165) is 42.0 Å². The average Bonchev–Trinajstić information content (AvgIpc) is 3.24. The number of rotatable bonds is 11. The highest BCUT2D eigenvalue weighted by atomic mass is 32.1. The minimum Gasteiger partial charge on any atom is -0.494 e. The molecule has 0 unspecified atom stereocenters. The molecule has 0 aliphatic rings. The van der Waals surface area contributed by atoms with Crippen LogP contribution in [0.1, 0.15) is 49.9 Å². The van der Waals surface area contributed by atoms with Crippen molar-refractivity contribution < 1.29 is 14.3 Å². The van der Waals surface area contributed by atoms with E-state index in [1.807, 2.05) is 41.8 Å². The van der Waals surface area contributed by atoms with Crippen LogP contribution in [0.4, 0.5) is 5.13 Å². The number of carbonyl (C=O) groups excluding carboxylic acids is 1. The molecule has 2 aromatic carbocycles. The van der Waals surface area contributed by atoms with Crippen molar-refractivity contribution in [3.8, 4) is 22.8 Å². The summed E-state index contributed by atoms with van der Waals surface area (Å²) >= 11 is 1.41. The SMILES string of the molecule is CCCCCOc1ccc(C(=O)Nc2nc(-c3ccc(OCCC)cc3)cs2)cc1. The summed E-state index contributed by atoms with van der Waals surface area (Å²) in [5.74, 6) is 1.45. The standard InChI is InChI=1S/C24H28N2O3S/c1-3-5-6-16-29-21-13-9-19(10-14-21)23(27)26-24-25-22(17-30-24)18-7-11-20(12-8-18)28-15-4-2/h7-14,17H,3-6,15-16H2,1-2H3,(H,25,26,27). The van der Waals surface area contributed by atoms with Gasteiger partial charge in [-0.15, -0.1) is 11.3 Å². The Kier molecular flexibility index (Phi) is 8.27. The van der Waals surface area contributed by atoms with Crippen LogP contribution in [-0.4, -0.2) is 24.1 Å². The minimum absolute atomic E-state index is 0.184. The number of amides is 1. The molecule has 0 fully saturated rings. The van der Waals surface area contributed by atoms with Crippen LogP contribution in [0.15, 0.2) is 53.9 Å². The second kappa shape index (κ2) is 11.4. The molecule has 158 valence electrons. The Labute approximate surface area is 182 Å². The highest BCUT2D eigenvalue weighted by Crippen LogP contribution is 2.27. The fourth-order valence-corrected chi connectivity index (χ4v) is 3.53. The van der Waals surface area contributed by atoms with Crippen molar-refractivity contribution in [2.45, 2.75) is 39.5 Å².